The Bertz CT molecular complexity index is 1790. The van der Waals surface area contributed by atoms with E-state index in [4.69, 9.17) is 8.92 Å². The number of aryl methyl sites for hydroxylation is 2. The smallest absolute Gasteiger partial charge is 0.410 e. The van der Waals surface area contributed by atoms with E-state index < -0.39 is 15.7 Å². The Hall–Kier alpha value is -4.16. The first-order valence-electron chi connectivity index (χ1n) is 15.8. The number of likely N-dealkylation sites (N-methyl/N-ethyl adjacent to an activating group) is 1. The largest absolute Gasteiger partial charge is 0.444 e. The average molecular weight is 667 g/mol. The number of hydrogen-bond donors (Lipinski definition) is 2. The fraction of sp³-hybridized carbons (Fsp3) is 0.457. The molecule has 1 saturated heterocycles. The van der Waals surface area contributed by atoms with Crippen molar-refractivity contribution in [1.82, 2.24) is 15.2 Å². The quantitative estimate of drug-likeness (QED) is 0.282. The summed E-state index contributed by atoms with van der Waals surface area (Å²) in [5.74, 6) is -0.319. The number of amides is 2. The van der Waals surface area contributed by atoms with Crippen LogP contribution in [-0.2, 0) is 32.2 Å². The lowest BCUT2D eigenvalue weighted by atomic mass is 9.95. The Morgan fingerprint density at radius 2 is 1.74 bits per heavy atom. The third-order valence-electron chi connectivity index (χ3n) is 8.18. The van der Waals surface area contributed by atoms with Crippen molar-refractivity contribution in [2.45, 2.75) is 79.7 Å². The van der Waals surface area contributed by atoms with E-state index in [2.05, 4.69) is 15.2 Å². The molecule has 11 nitrogen and oxygen atoms in total. The van der Waals surface area contributed by atoms with E-state index >= 15 is 0 Å². The Balaban J connectivity index is 1.70. The van der Waals surface area contributed by atoms with Crippen LogP contribution in [0, 0.1) is 20.8 Å². The van der Waals surface area contributed by atoms with Gasteiger partial charge in [-0.1, -0.05) is 24.3 Å². The molecule has 254 valence electrons. The van der Waals surface area contributed by atoms with Gasteiger partial charge in [-0.3, -0.25) is 13.8 Å². The van der Waals surface area contributed by atoms with E-state index in [9.17, 15) is 22.8 Å². The lowest BCUT2D eigenvalue weighted by Gasteiger charge is -2.33. The van der Waals surface area contributed by atoms with Crippen LogP contribution in [0.3, 0.4) is 0 Å². The lowest BCUT2D eigenvalue weighted by molar-refractivity contribution is 0.0292. The fourth-order valence-corrected chi connectivity index (χ4v) is 6.20. The zero-order chi connectivity index (χ0) is 34.7. The molecule has 47 heavy (non-hydrogen) atoms. The maximum atomic E-state index is 13.8. The number of benzene rings is 2. The van der Waals surface area contributed by atoms with Gasteiger partial charge in [-0.15, -0.1) is 0 Å². The highest BCUT2D eigenvalue weighted by Gasteiger charge is 2.33. The number of anilines is 1. The molecule has 2 heterocycles. The second-order valence-corrected chi connectivity index (χ2v) is 14.8. The van der Waals surface area contributed by atoms with Crippen molar-refractivity contribution in [2.24, 2.45) is 0 Å². The van der Waals surface area contributed by atoms with E-state index in [-0.39, 0.29) is 36.8 Å². The van der Waals surface area contributed by atoms with Crippen molar-refractivity contribution < 1.29 is 26.9 Å². The van der Waals surface area contributed by atoms with Crippen LogP contribution in [0.1, 0.15) is 72.4 Å². The van der Waals surface area contributed by atoms with E-state index in [0.717, 1.165) is 46.3 Å². The predicted molar refractivity (Wildman–Crippen MR) is 183 cm³/mol. The minimum Gasteiger partial charge on any atom is -0.444 e. The first-order chi connectivity index (χ1) is 22.0. The zero-order valence-corrected chi connectivity index (χ0v) is 29.3. The number of aromatic amines is 1. The van der Waals surface area contributed by atoms with Gasteiger partial charge < -0.3 is 24.8 Å². The van der Waals surface area contributed by atoms with E-state index in [0.29, 0.717) is 36.3 Å². The fourth-order valence-electron chi connectivity index (χ4n) is 5.85. The molecule has 1 aliphatic rings. The highest BCUT2D eigenvalue weighted by atomic mass is 32.2. The number of likely N-dealkylation sites (tertiary alicyclic amines) is 1. The summed E-state index contributed by atoms with van der Waals surface area (Å²) in [6.07, 6.45) is 1.40. The Kier molecular flexibility index (Phi) is 10.9. The highest BCUT2D eigenvalue weighted by molar-refractivity contribution is 7.85. The lowest BCUT2D eigenvalue weighted by Crippen LogP contribution is -2.41. The molecule has 2 N–H and O–H groups in total. The molecule has 1 fully saturated rings. The second kappa shape index (κ2) is 14.3. The summed E-state index contributed by atoms with van der Waals surface area (Å²) in [6.45, 7) is 14.8. The SMILES string of the molecule is CCN(c1cc(-c2ccc(COS(C)(=O)=O)cc2)cc(C(=O)NCc2c(C)cc(C)[nH]c2=O)c1C)C1CCN(C(=O)OC(C)(C)C)C1. The van der Waals surface area contributed by atoms with Gasteiger partial charge in [0.15, 0.2) is 0 Å². The number of pyridine rings is 1. The maximum Gasteiger partial charge on any atom is 0.410 e. The van der Waals surface area contributed by atoms with Gasteiger partial charge in [0.25, 0.3) is 21.6 Å². The molecule has 0 aliphatic carbocycles. The topological polar surface area (TPSA) is 138 Å². The summed E-state index contributed by atoms with van der Waals surface area (Å²) in [4.78, 5) is 46.1. The molecule has 0 radical (unpaired) electrons. The minimum atomic E-state index is -3.59. The van der Waals surface area contributed by atoms with Gasteiger partial charge >= 0.3 is 6.09 Å². The average Bonchev–Trinajstić information content (AvgIpc) is 3.46. The zero-order valence-electron chi connectivity index (χ0n) is 28.5. The van der Waals surface area contributed by atoms with Crippen LogP contribution < -0.4 is 15.8 Å². The van der Waals surface area contributed by atoms with Crippen molar-refractivity contribution >= 4 is 27.8 Å². The number of carbonyl (C=O) groups excluding carboxylic acids is 2. The summed E-state index contributed by atoms with van der Waals surface area (Å²) < 4.78 is 33.5. The van der Waals surface area contributed by atoms with Crippen LogP contribution in [-0.4, -0.2) is 67.8 Å². The number of nitrogens with zero attached hydrogens (tertiary/aromatic N) is 2. The Morgan fingerprint density at radius 3 is 2.34 bits per heavy atom. The normalized spacial score (nSPS) is 15.1. The molecular weight excluding hydrogens is 620 g/mol. The number of ether oxygens (including phenoxy) is 1. The van der Waals surface area contributed by atoms with E-state index in [1.165, 1.54) is 0 Å². The number of carbonyl (C=O) groups is 2. The minimum absolute atomic E-state index is 0.00154. The van der Waals surface area contributed by atoms with Crippen LogP contribution in [0.25, 0.3) is 11.1 Å². The van der Waals surface area contributed by atoms with Crippen LogP contribution in [0.5, 0.6) is 0 Å². The van der Waals surface area contributed by atoms with E-state index in [1.54, 1.807) is 17.0 Å². The Labute approximate surface area is 277 Å². The maximum absolute atomic E-state index is 13.8. The van der Waals surface area contributed by atoms with Crippen LogP contribution in [0.15, 0.2) is 47.3 Å². The molecule has 2 aromatic carbocycles. The van der Waals surface area contributed by atoms with Crippen molar-refractivity contribution in [3.8, 4) is 11.1 Å². The van der Waals surface area contributed by atoms with Crippen LogP contribution in [0.2, 0.25) is 0 Å². The molecule has 0 spiro atoms. The molecule has 0 saturated carbocycles. The summed E-state index contributed by atoms with van der Waals surface area (Å²) in [7, 11) is -3.59. The molecular formula is C35H46N4O7S. The third kappa shape index (κ3) is 9.23. The molecule has 4 rings (SSSR count). The van der Waals surface area contributed by atoms with Crippen molar-refractivity contribution in [3.63, 3.8) is 0 Å². The van der Waals surface area contributed by atoms with Crippen LogP contribution >= 0.6 is 0 Å². The first kappa shape index (κ1) is 35.7. The van der Waals surface area contributed by atoms with Gasteiger partial charge in [0, 0.05) is 54.7 Å². The molecule has 12 heteroatoms. The van der Waals surface area contributed by atoms with Gasteiger partial charge in [-0.2, -0.15) is 8.42 Å². The standard InChI is InChI=1S/C35H46N4O7S/c1-9-39(28-14-15-38(20-28)34(42)46-35(5,6)7)31-18-27(26-12-10-25(11-13-26)21-45-47(8,43)44)17-29(24(31)4)32(40)36-19-30-22(2)16-23(3)37-33(30)41/h10-13,16-18,28H,9,14-15,19-21H2,1-8H3,(H,36,40)(H,37,41). The molecule has 1 unspecified atom stereocenters. The number of aromatic nitrogens is 1. The summed E-state index contributed by atoms with van der Waals surface area (Å²) in [5, 5.41) is 2.95. The van der Waals surface area contributed by atoms with Gasteiger partial charge in [0.05, 0.1) is 12.9 Å². The van der Waals surface area contributed by atoms with Gasteiger partial charge in [0.1, 0.15) is 5.60 Å². The van der Waals surface area contributed by atoms with Gasteiger partial charge in [0.2, 0.25) is 0 Å². The summed E-state index contributed by atoms with van der Waals surface area (Å²) in [5.41, 5.74) is 5.61. The molecule has 1 aromatic heterocycles. The third-order valence-corrected chi connectivity index (χ3v) is 8.72. The Morgan fingerprint density at radius 1 is 1.06 bits per heavy atom. The van der Waals surface area contributed by atoms with Gasteiger partial charge in [-0.05, 0) is 101 Å². The highest BCUT2D eigenvalue weighted by Crippen LogP contribution is 2.34. The molecule has 2 amide bonds. The first-order valence-corrected chi connectivity index (χ1v) is 17.6. The van der Waals surface area contributed by atoms with Gasteiger partial charge in [-0.25, -0.2) is 4.79 Å². The van der Waals surface area contributed by atoms with Crippen molar-refractivity contribution in [1.29, 1.82) is 0 Å². The number of H-pyrrole nitrogens is 1. The molecule has 3 aromatic rings. The number of hydrogen-bond acceptors (Lipinski definition) is 8. The van der Waals surface area contributed by atoms with Crippen molar-refractivity contribution in [2.75, 3.05) is 30.8 Å². The van der Waals surface area contributed by atoms with E-state index in [1.807, 2.05) is 78.8 Å². The number of rotatable bonds is 10. The molecule has 0 bridgehead atoms. The summed E-state index contributed by atoms with van der Waals surface area (Å²) in [6, 6.07) is 13.1. The number of nitrogens with one attached hydrogen (secondary N) is 2. The molecule has 1 aliphatic heterocycles. The monoisotopic (exact) mass is 666 g/mol. The predicted octanol–water partition coefficient (Wildman–Crippen LogP) is 5.21. The molecule has 1 atom stereocenters. The van der Waals surface area contributed by atoms with Crippen molar-refractivity contribution in [3.05, 3.63) is 86.3 Å². The summed E-state index contributed by atoms with van der Waals surface area (Å²) >= 11 is 0. The second-order valence-electron chi connectivity index (χ2n) is 13.1. The van der Waals surface area contributed by atoms with Crippen LogP contribution in [0.4, 0.5) is 10.5 Å².